The van der Waals surface area contributed by atoms with Crippen molar-refractivity contribution in [3.05, 3.63) is 53.6 Å². The number of nitrogens with one attached hydrogen (secondary N) is 2. The van der Waals surface area contributed by atoms with Crippen LogP contribution in [-0.2, 0) is 11.3 Å². The van der Waals surface area contributed by atoms with E-state index in [2.05, 4.69) is 53.6 Å². The average Bonchev–Trinajstić information content (AvgIpc) is 3.07. The average molecular weight is 424 g/mol. The van der Waals surface area contributed by atoms with E-state index < -0.39 is 0 Å². The number of ether oxygens (including phenoxy) is 2. The fourth-order valence-electron chi connectivity index (χ4n) is 3.87. The van der Waals surface area contributed by atoms with Crippen LogP contribution in [0, 0.1) is 0 Å². The zero-order valence-corrected chi connectivity index (χ0v) is 19.1. The Kier molecular flexibility index (Phi) is 7.58. The molecule has 1 heterocycles. The van der Waals surface area contributed by atoms with Crippen molar-refractivity contribution in [1.29, 1.82) is 0 Å². The number of nitrogens with zero attached hydrogens (tertiary/aromatic N) is 1. The van der Waals surface area contributed by atoms with Crippen LogP contribution in [-0.4, -0.2) is 44.2 Å². The van der Waals surface area contributed by atoms with Crippen LogP contribution >= 0.6 is 0 Å². The summed E-state index contributed by atoms with van der Waals surface area (Å²) < 4.78 is 10.7. The van der Waals surface area contributed by atoms with Gasteiger partial charge in [-0.2, -0.15) is 0 Å². The number of rotatable bonds is 10. The van der Waals surface area contributed by atoms with E-state index in [0.717, 1.165) is 43.0 Å². The van der Waals surface area contributed by atoms with Gasteiger partial charge in [-0.3, -0.25) is 9.69 Å². The maximum Gasteiger partial charge on any atom is 0.256 e. The van der Waals surface area contributed by atoms with Crippen molar-refractivity contribution in [2.45, 2.75) is 39.8 Å². The van der Waals surface area contributed by atoms with Crippen molar-refractivity contribution in [2.75, 3.05) is 37.9 Å². The summed E-state index contributed by atoms with van der Waals surface area (Å²) in [5.41, 5.74) is 4.51. The first-order valence-electron chi connectivity index (χ1n) is 10.9. The van der Waals surface area contributed by atoms with Crippen molar-refractivity contribution in [3.63, 3.8) is 0 Å². The minimum absolute atomic E-state index is 0.0297. The van der Waals surface area contributed by atoms with Crippen molar-refractivity contribution >= 4 is 22.9 Å². The van der Waals surface area contributed by atoms with Crippen LogP contribution in [0.5, 0.6) is 11.5 Å². The first-order valence-corrected chi connectivity index (χ1v) is 10.9. The lowest BCUT2D eigenvalue weighted by Gasteiger charge is -2.20. The van der Waals surface area contributed by atoms with Gasteiger partial charge >= 0.3 is 0 Å². The molecule has 3 rings (SSSR count). The van der Waals surface area contributed by atoms with Gasteiger partial charge in [0.05, 0.1) is 19.9 Å². The van der Waals surface area contributed by atoms with Crippen molar-refractivity contribution in [2.24, 2.45) is 0 Å². The lowest BCUT2D eigenvalue weighted by Crippen LogP contribution is -2.23. The third-order valence-corrected chi connectivity index (χ3v) is 5.46. The predicted octanol–water partition coefficient (Wildman–Crippen LogP) is 4.77. The molecule has 6 heteroatoms. The summed E-state index contributed by atoms with van der Waals surface area (Å²) in [6, 6.07) is 12.1. The molecule has 0 bridgehead atoms. The largest absolute Gasteiger partial charge is 0.493 e. The van der Waals surface area contributed by atoms with Crippen molar-refractivity contribution in [3.8, 4) is 11.5 Å². The Bertz CT molecular complexity index is 938. The van der Waals surface area contributed by atoms with Gasteiger partial charge in [0, 0.05) is 35.5 Å². The molecular weight excluding hydrogens is 390 g/mol. The Balaban J connectivity index is 1.72. The lowest BCUT2D eigenvalue weighted by atomic mass is 10.0. The van der Waals surface area contributed by atoms with Crippen LogP contribution in [0.25, 0.3) is 5.57 Å². The van der Waals surface area contributed by atoms with Crippen molar-refractivity contribution < 1.29 is 14.3 Å². The van der Waals surface area contributed by atoms with E-state index in [4.69, 9.17) is 9.47 Å². The Morgan fingerprint density at radius 1 is 1.10 bits per heavy atom. The van der Waals surface area contributed by atoms with Crippen LogP contribution in [0.1, 0.15) is 38.3 Å². The normalized spacial score (nSPS) is 15.0. The quantitative estimate of drug-likeness (QED) is 0.539. The Labute approximate surface area is 185 Å². The molecule has 1 aliphatic heterocycles. The maximum atomic E-state index is 12.6. The number of carbonyl (C=O) groups excluding carboxylic acids is 1. The van der Waals surface area contributed by atoms with E-state index in [1.54, 1.807) is 20.3 Å². The topological polar surface area (TPSA) is 62.8 Å². The van der Waals surface area contributed by atoms with Crippen molar-refractivity contribution in [1.82, 2.24) is 4.90 Å². The molecule has 1 aliphatic rings. The van der Waals surface area contributed by atoms with Crippen LogP contribution in [0.15, 0.2) is 42.5 Å². The van der Waals surface area contributed by atoms with E-state index in [1.165, 1.54) is 5.56 Å². The highest BCUT2D eigenvalue weighted by molar-refractivity contribution is 6.31. The lowest BCUT2D eigenvalue weighted by molar-refractivity contribution is -0.110. The number of methoxy groups -OCH3 is 2. The summed E-state index contributed by atoms with van der Waals surface area (Å²) >= 11 is 0. The standard InChI is InChI=1S/C25H33N3O3/c1-6-12-28(7-2)16-18-8-10-19(11-9-18)26-17(3)13-21-20-14-23(30-4)24(31-5)15-22(20)27-25(21)29/h8-11,13-15,17,26H,6-7,12,16H2,1-5H3,(H,27,29). The zero-order chi connectivity index (χ0) is 22.4. The van der Waals surface area contributed by atoms with E-state index in [-0.39, 0.29) is 11.9 Å². The highest BCUT2D eigenvalue weighted by Crippen LogP contribution is 2.40. The van der Waals surface area contributed by atoms with Gasteiger partial charge in [0.15, 0.2) is 11.5 Å². The molecule has 2 aromatic carbocycles. The van der Waals surface area contributed by atoms with Gasteiger partial charge in [-0.1, -0.05) is 26.0 Å². The maximum absolute atomic E-state index is 12.6. The Morgan fingerprint density at radius 2 is 1.77 bits per heavy atom. The molecule has 0 radical (unpaired) electrons. The van der Waals surface area contributed by atoms with Gasteiger partial charge in [0.25, 0.3) is 5.91 Å². The highest BCUT2D eigenvalue weighted by Gasteiger charge is 2.27. The fourth-order valence-corrected chi connectivity index (χ4v) is 3.87. The minimum atomic E-state index is -0.120. The molecule has 0 spiro atoms. The number of anilines is 2. The number of carbonyl (C=O) groups is 1. The number of amides is 1. The molecule has 0 saturated carbocycles. The summed E-state index contributed by atoms with van der Waals surface area (Å²) in [6.45, 7) is 9.57. The summed E-state index contributed by atoms with van der Waals surface area (Å²) in [5.74, 6) is 1.07. The summed E-state index contributed by atoms with van der Waals surface area (Å²) in [7, 11) is 3.17. The SMILES string of the molecule is CCCN(CC)Cc1ccc(NC(C)C=C2C(=O)Nc3cc(OC)c(OC)cc32)cc1. The second-order valence-corrected chi connectivity index (χ2v) is 7.79. The molecule has 0 aromatic heterocycles. The van der Waals surface area contributed by atoms with Gasteiger partial charge in [0.1, 0.15) is 0 Å². The highest BCUT2D eigenvalue weighted by atomic mass is 16.5. The van der Waals surface area contributed by atoms with Gasteiger partial charge < -0.3 is 20.1 Å². The number of fused-ring (bicyclic) bond motifs is 1. The summed E-state index contributed by atoms with van der Waals surface area (Å²) in [6.07, 6.45) is 3.11. The molecule has 2 aromatic rings. The van der Waals surface area contributed by atoms with Gasteiger partial charge in [-0.25, -0.2) is 0 Å². The third-order valence-electron chi connectivity index (χ3n) is 5.46. The molecule has 1 atom stereocenters. The zero-order valence-electron chi connectivity index (χ0n) is 19.1. The van der Waals surface area contributed by atoms with E-state index >= 15 is 0 Å². The Hall–Kier alpha value is -2.99. The van der Waals surface area contributed by atoms with Crippen LogP contribution < -0.4 is 20.1 Å². The molecule has 1 unspecified atom stereocenters. The number of hydrogen-bond acceptors (Lipinski definition) is 5. The van der Waals surface area contributed by atoms with E-state index in [1.807, 2.05) is 19.1 Å². The molecule has 0 aliphatic carbocycles. The smallest absolute Gasteiger partial charge is 0.256 e. The molecule has 0 fully saturated rings. The number of hydrogen-bond donors (Lipinski definition) is 2. The number of benzene rings is 2. The van der Waals surface area contributed by atoms with Gasteiger partial charge in [-0.05, 0) is 56.3 Å². The summed E-state index contributed by atoms with van der Waals surface area (Å²) in [4.78, 5) is 15.0. The minimum Gasteiger partial charge on any atom is -0.493 e. The fraction of sp³-hybridized carbons (Fsp3) is 0.400. The molecule has 0 saturated heterocycles. The molecular formula is C25H33N3O3. The first kappa shape index (κ1) is 22.7. The van der Waals surface area contributed by atoms with Crippen LogP contribution in [0.4, 0.5) is 11.4 Å². The third kappa shape index (κ3) is 5.39. The Morgan fingerprint density at radius 3 is 2.39 bits per heavy atom. The second kappa shape index (κ2) is 10.4. The van der Waals surface area contributed by atoms with Gasteiger partial charge in [0.2, 0.25) is 0 Å². The first-order chi connectivity index (χ1) is 15.0. The monoisotopic (exact) mass is 423 g/mol. The van der Waals surface area contributed by atoms with Crippen LogP contribution in [0.3, 0.4) is 0 Å². The molecule has 31 heavy (non-hydrogen) atoms. The van der Waals surface area contributed by atoms with E-state index in [9.17, 15) is 4.79 Å². The van der Waals surface area contributed by atoms with Gasteiger partial charge in [-0.15, -0.1) is 0 Å². The summed E-state index contributed by atoms with van der Waals surface area (Å²) in [5, 5.41) is 6.37. The second-order valence-electron chi connectivity index (χ2n) is 7.79. The van der Waals surface area contributed by atoms with E-state index in [0.29, 0.717) is 17.1 Å². The van der Waals surface area contributed by atoms with Crippen LogP contribution in [0.2, 0.25) is 0 Å². The predicted molar refractivity (Wildman–Crippen MR) is 127 cm³/mol. The molecule has 2 N–H and O–H groups in total. The molecule has 1 amide bonds. The molecule has 6 nitrogen and oxygen atoms in total. The molecule has 166 valence electrons.